The van der Waals surface area contributed by atoms with Gasteiger partial charge in [-0.15, -0.1) is 0 Å². The van der Waals surface area contributed by atoms with Crippen molar-refractivity contribution in [3.05, 3.63) is 24.3 Å². The lowest BCUT2D eigenvalue weighted by Gasteiger charge is -2.44. The standard InChI is InChI=1S/C24H33F2N3O2/c25-24(26)10-13-27(17-24)16-19-6-9-23(30)29(19)18-4-7-21(8-5-18)31-22-14-20(15-22)28-11-2-1-3-12-28/h4-5,7-8,19-20,22H,1-3,6,9-17H2/t19-,20?,22?/m0/s1. The van der Waals surface area contributed by atoms with Gasteiger partial charge in [-0.2, -0.15) is 0 Å². The molecule has 1 aromatic carbocycles. The molecule has 4 fully saturated rings. The van der Waals surface area contributed by atoms with Gasteiger partial charge in [0.2, 0.25) is 5.91 Å². The lowest BCUT2D eigenvalue weighted by molar-refractivity contribution is -0.117. The Bertz CT molecular complexity index is 776. The second kappa shape index (κ2) is 8.66. The van der Waals surface area contributed by atoms with E-state index in [1.807, 2.05) is 24.3 Å². The van der Waals surface area contributed by atoms with Crippen LogP contribution in [0.4, 0.5) is 14.5 Å². The summed E-state index contributed by atoms with van der Waals surface area (Å²) in [4.78, 5) is 18.7. The third-order valence-corrected chi connectivity index (χ3v) is 7.44. The third-order valence-electron chi connectivity index (χ3n) is 7.44. The average molecular weight is 434 g/mol. The van der Waals surface area contributed by atoms with Gasteiger partial charge in [0, 0.05) is 50.5 Å². The molecule has 4 aliphatic rings. The molecule has 170 valence electrons. The smallest absolute Gasteiger partial charge is 0.261 e. The highest BCUT2D eigenvalue weighted by atomic mass is 19.3. The first-order valence-corrected chi connectivity index (χ1v) is 11.9. The van der Waals surface area contributed by atoms with Crippen LogP contribution in [0, 0.1) is 0 Å². The number of rotatable bonds is 6. The Hall–Kier alpha value is -1.73. The minimum Gasteiger partial charge on any atom is -0.490 e. The minimum atomic E-state index is -2.60. The molecule has 31 heavy (non-hydrogen) atoms. The number of amides is 1. The van der Waals surface area contributed by atoms with Crippen molar-refractivity contribution in [2.45, 2.75) is 75.5 Å². The van der Waals surface area contributed by atoms with Crippen molar-refractivity contribution in [2.24, 2.45) is 0 Å². The minimum absolute atomic E-state index is 0.0369. The fourth-order valence-electron chi connectivity index (χ4n) is 5.63. The van der Waals surface area contributed by atoms with Crippen LogP contribution in [-0.4, -0.2) is 72.5 Å². The number of ether oxygens (including phenoxy) is 1. The summed E-state index contributed by atoms with van der Waals surface area (Å²) < 4.78 is 33.2. The van der Waals surface area contributed by atoms with Gasteiger partial charge in [0.15, 0.2) is 0 Å². The Morgan fingerprint density at radius 1 is 1.03 bits per heavy atom. The maximum absolute atomic E-state index is 13.5. The van der Waals surface area contributed by atoms with Crippen molar-refractivity contribution in [3.63, 3.8) is 0 Å². The number of hydrogen-bond donors (Lipinski definition) is 0. The molecule has 0 bridgehead atoms. The fourth-order valence-corrected chi connectivity index (χ4v) is 5.63. The summed E-state index contributed by atoms with van der Waals surface area (Å²) in [7, 11) is 0. The number of carbonyl (C=O) groups excluding carboxylic acids is 1. The number of halogens is 2. The van der Waals surface area contributed by atoms with Gasteiger partial charge in [-0.25, -0.2) is 8.78 Å². The maximum Gasteiger partial charge on any atom is 0.261 e. The molecule has 1 aliphatic carbocycles. The Morgan fingerprint density at radius 2 is 1.77 bits per heavy atom. The maximum atomic E-state index is 13.5. The van der Waals surface area contributed by atoms with Crippen LogP contribution in [-0.2, 0) is 4.79 Å². The van der Waals surface area contributed by atoms with E-state index in [-0.39, 0.29) is 31.0 Å². The molecule has 0 N–H and O–H groups in total. The number of alkyl halides is 2. The zero-order chi connectivity index (χ0) is 21.4. The molecule has 0 unspecified atom stereocenters. The van der Waals surface area contributed by atoms with Crippen LogP contribution < -0.4 is 9.64 Å². The van der Waals surface area contributed by atoms with Gasteiger partial charge in [0.25, 0.3) is 5.92 Å². The molecule has 1 atom stereocenters. The first kappa shape index (κ1) is 21.1. The summed E-state index contributed by atoms with van der Waals surface area (Å²) in [5.74, 6) is -1.68. The molecule has 0 radical (unpaired) electrons. The highest BCUT2D eigenvalue weighted by molar-refractivity contribution is 5.96. The number of carbonyl (C=O) groups is 1. The van der Waals surface area contributed by atoms with Gasteiger partial charge in [0.1, 0.15) is 11.9 Å². The van der Waals surface area contributed by atoms with E-state index in [0.29, 0.717) is 25.6 Å². The molecule has 1 saturated carbocycles. The molecule has 1 aromatic rings. The predicted molar refractivity (Wildman–Crippen MR) is 116 cm³/mol. The molecule has 1 amide bonds. The van der Waals surface area contributed by atoms with Crippen LogP contribution in [0.5, 0.6) is 5.75 Å². The summed E-state index contributed by atoms with van der Waals surface area (Å²) >= 11 is 0. The second-order valence-corrected chi connectivity index (χ2v) is 9.75. The summed E-state index contributed by atoms with van der Waals surface area (Å²) in [5, 5.41) is 0. The van der Waals surface area contributed by atoms with Crippen molar-refractivity contribution in [2.75, 3.05) is 37.6 Å². The molecule has 5 rings (SSSR count). The Balaban J connectivity index is 1.15. The molecule has 0 aromatic heterocycles. The van der Waals surface area contributed by atoms with Gasteiger partial charge >= 0.3 is 0 Å². The van der Waals surface area contributed by atoms with Gasteiger partial charge in [-0.1, -0.05) is 6.42 Å². The van der Waals surface area contributed by atoms with E-state index in [9.17, 15) is 13.6 Å². The summed E-state index contributed by atoms with van der Waals surface area (Å²) in [6.07, 6.45) is 7.58. The highest BCUT2D eigenvalue weighted by Gasteiger charge is 2.41. The van der Waals surface area contributed by atoms with Crippen molar-refractivity contribution in [3.8, 4) is 5.75 Å². The van der Waals surface area contributed by atoms with Gasteiger partial charge in [0.05, 0.1) is 12.6 Å². The summed E-state index contributed by atoms with van der Waals surface area (Å²) in [5.41, 5.74) is 0.839. The van der Waals surface area contributed by atoms with E-state index in [2.05, 4.69) is 4.90 Å². The lowest BCUT2D eigenvalue weighted by atomic mass is 9.86. The van der Waals surface area contributed by atoms with E-state index >= 15 is 0 Å². The summed E-state index contributed by atoms with van der Waals surface area (Å²) in [6, 6.07) is 8.39. The van der Waals surface area contributed by atoms with Crippen LogP contribution >= 0.6 is 0 Å². The van der Waals surface area contributed by atoms with Gasteiger partial charge in [-0.05, 0) is 56.6 Å². The van der Waals surface area contributed by atoms with Crippen molar-refractivity contribution in [1.29, 1.82) is 0 Å². The normalized spacial score (nSPS) is 31.7. The number of nitrogens with zero attached hydrogens (tertiary/aromatic N) is 3. The van der Waals surface area contributed by atoms with Crippen molar-refractivity contribution < 1.29 is 18.3 Å². The van der Waals surface area contributed by atoms with Crippen LogP contribution in [0.3, 0.4) is 0 Å². The first-order valence-electron chi connectivity index (χ1n) is 11.9. The van der Waals surface area contributed by atoms with E-state index in [1.54, 1.807) is 9.80 Å². The molecular weight excluding hydrogens is 400 g/mol. The van der Waals surface area contributed by atoms with Crippen LogP contribution in [0.2, 0.25) is 0 Å². The SMILES string of the molecule is O=C1CC[C@@H](CN2CCC(F)(F)C2)N1c1ccc(OC2CC(N3CCCCC3)C2)cc1. The average Bonchev–Trinajstić information content (AvgIpc) is 3.27. The molecule has 7 heteroatoms. The zero-order valence-corrected chi connectivity index (χ0v) is 18.1. The molecule has 5 nitrogen and oxygen atoms in total. The molecule has 3 saturated heterocycles. The Kier molecular flexibility index (Phi) is 5.90. The zero-order valence-electron chi connectivity index (χ0n) is 18.1. The molecule has 0 spiro atoms. The number of likely N-dealkylation sites (tertiary alicyclic amines) is 2. The Morgan fingerprint density at radius 3 is 2.45 bits per heavy atom. The number of benzene rings is 1. The highest BCUT2D eigenvalue weighted by Crippen LogP contribution is 2.34. The molecule has 3 heterocycles. The number of hydrogen-bond acceptors (Lipinski definition) is 4. The third kappa shape index (κ3) is 4.72. The second-order valence-electron chi connectivity index (χ2n) is 9.75. The number of piperidine rings is 1. The van der Waals surface area contributed by atoms with E-state index in [4.69, 9.17) is 4.74 Å². The molecular formula is C24H33F2N3O2. The Labute approximate surface area is 183 Å². The number of anilines is 1. The van der Waals surface area contributed by atoms with Crippen LogP contribution in [0.15, 0.2) is 24.3 Å². The topological polar surface area (TPSA) is 36.0 Å². The van der Waals surface area contributed by atoms with Crippen LogP contribution in [0.1, 0.15) is 51.4 Å². The first-order chi connectivity index (χ1) is 15.0. The van der Waals surface area contributed by atoms with Gasteiger partial charge in [-0.3, -0.25) is 9.69 Å². The molecule has 3 aliphatic heterocycles. The lowest BCUT2D eigenvalue weighted by Crippen LogP contribution is -2.50. The van der Waals surface area contributed by atoms with Crippen molar-refractivity contribution in [1.82, 2.24) is 9.80 Å². The van der Waals surface area contributed by atoms with Gasteiger partial charge < -0.3 is 14.5 Å². The van der Waals surface area contributed by atoms with Crippen LogP contribution in [0.25, 0.3) is 0 Å². The predicted octanol–water partition coefficient (Wildman–Crippen LogP) is 3.92. The van der Waals surface area contributed by atoms with E-state index in [0.717, 1.165) is 30.7 Å². The quantitative estimate of drug-likeness (QED) is 0.681. The van der Waals surface area contributed by atoms with E-state index in [1.165, 1.54) is 32.4 Å². The largest absolute Gasteiger partial charge is 0.490 e. The van der Waals surface area contributed by atoms with E-state index < -0.39 is 5.92 Å². The summed E-state index contributed by atoms with van der Waals surface area (Å²) in [6.45, 7) is 3.17. The van der Waals surface area contributed by atoms with Crippen molar-refractivity contribution >= 4 is 11.6 Å². The fraction of sp³-hybridized carbons (Fsp3) is 0.708. The monoisotopic (exact) mass is 433 g/mol.